The predicted molar refractivity (Wildman–Crippen MR) is 115 cm³/mol. The maximum absolute atomic E-state index is 13.1. The number of ether oxygens (including phenoxy) is 1. The van der Waals surface area contributed by atoms with Gasteiger partial charge in [0, 0.05) is 26.2 Å². The fourth-order valence-electron chi connectivity index (χ4n) is 3.39. The Morgan fingerprint density at radius 1 is 1.07 bits per heavy atom. The maximum atomic E-state index is 13.1. The van der Waals surface area contributed by atoms with E-state index in [2.05, 4.69) is 0 Å². The second-order valence-electron chi connectivity index (χ2n) is 8.30. The normalized spacial score (nSPS) is 18.5. The molecule has 0 bridgehead atoms. The molecule has 1 unspecified atom stereocenters. The summed E-state index contributed by atoms with van der Waals surface area (Å²) in [5.41, 5.74) is -0.658. The predicted octanol–water partition coefficient (Wildman–Crippen LogP) is 2.89. The van der Waals surface area contributed by atoms with E-state index in [-0.39, 0.29) is 16.3 Å². The first kappa shape index (κ1) is 24.6. The first-order valence-electron chi connectivity index (χ1n) is 10.1. The van der Waals surface area contributed by atoms with E-state index in [9.17, 15) is 21.6 Å². The Morgan fingerprint density at radius 2 is 1.60 bits per heavy atom. The molecule has 30 heavy (non-hydrogen) atoms. The SMILES string of the molecule is CCN(CC)S(=O)(=O)c1ccc(S(=O)(=O)C2CCCN(C(=O)OC(C)(C)C)C2)cc1. The van der Waals surface area contributed by atoms with Crippen LogP contribution in [-0.4, -0.2) is 69.2 Å². The first-order chi connectivity index (χ1) is 13.8. The van der Waals surface area contributed by atoms with Crippen molar-refractivity contribution in [2.75, 3.05) is 26.2 Å². The van der Waals surface area contributed by atoms with Crippen molar-refractivity contribution in [3.63, 3.8) is 0 Å². The summed E-state index contributed by atoms with van der Waals surface area (Å²) in [6.45, 7) is 9.95. The van der Waals surface area contributed by atoms with Gasteiger partial charge < -0.3 is 9.64 Å². The van der Waals surface area contributed by atoms with E-state index in [0.29, 0.717) is 32.5 Å². The van der Waals surface area contributed by atoms with E-state index in [1.165, 1.54) is 33.5 Å². The summed E-state index contributed by atoms with van der Waals surface area (Å²) in [6.07, 6.45) is 0.460. The van der Waals surface area contributed by atoms with Gasteiger partial charge in [0.05, 0.1) is 15.0 Å². The number of carbonyl (C=O) groups excluding carboxylic acids is 1. The summed E-state index contributed by atoms with van der Waals surface area (Å²) in [6, 6.07) is 5.32. The van der Waals surface area contributed by atoms with Crippen molar-refractivity contribution in [3.8, 4) is 0 Å². The van der Waals surface area contributed by atoms with Crippen LogP contribution in [0.2, 0.25) is 0 Å². The van der Waals surface area contributed by atoms with Crippen LogP contribution in [0.1, 0.15) is 47.5 Å². The molecular weight excluding hydrogens is 428 g/mol. The quantitative estimate of drug-likeness (QED) is 0.647. The zero-order chi connectivity index (χ0) is 22.7. The molecule has 1 atom stereocenters. The molecule has 1 amide bonds. The molecule has 0 aliphatic carbocycles. The average molecular weight is 461 g/mol. The van der Waals surface area contributed by atoms with Crippen LogP contribution in [-0.2, 0) is 24.6 Å². The Morgan fingerprint density at radius 3 is 2.10 bits per heavy atom. The van der Waals surface area contributed by atoms with Gasteiger partial charge in [0.25, 0.3) is 0 Å². The summed E-state index contributed by atoms with van der Waals surface area (Å²) in [5, 5.41) is -0.760. The molecule has 1 aliphatic rings. The second kappa shape index (κ2) is 9.23. The fourth-order valence-corrected chi connectivity index (χ4v) is 6.60. The molecule has 8 nitrogen and oxygen atoms in total. The van der Waals surface area contributed by atoms with Gasteiger partial charge in [-0.05, 0) is 57.9 Å². The summed E-state index contributed by atoms with van der Waals surface area (Å²) in [7, 11) is -7.38. The lowest BCUT2D eigenvalue weighted by Gasteiger charge is -2.33. The van der Waals surface area contributed by atoms with Gasteiger partial charge in [-0.1, -0.05) is 13.8 Å². The number of carbonyl (C=O) groups is 1. The number of hydrogen-bond acceptors (Lipinski definition) is 6. The van der Waals surface area contributed by atoms with Crippen molar-refractivity contribution < 1.29 is 26.4 Å². The molecule has 0 saturated carbocycles. The molecule has 0 spiro atoms. The number of rotatable bonds is 6. The molecule has 1 aromatic rings. The van der Waals surface area contributed by atoms with Crippen LogP contribution >= 0.6 is 0 Å². The Bertz CT molecular complexity index is 946. The Labute approximate surface area is 180 Å². The summed E-state index contributed by atoms with van der Waals surface area (Å²) in [5.74, 6) is 0. The smallest absolute Gasteiger partial charge is 0.410 e. The van der Waals surface area contributed by atoms with Crippen molar-refractivity contribution in [1.29, 1.82) is 0 Å². The van der Waals surface area contributed by atoms with Crippen LogP contribution in [0.15, 0.2) is 34.1 Å². The second-order valence-corrected chi connectivity index (χ2v) is 12.5. The number of likely N-dealkylation sites (tertiary alicyclic amines) is 1. The summed E-state index contributed by atoms with van der Waals surface area (Å²) in [4.78, 5) is 13.9. The highest BCUT2D eigenvalue weighted by atomic mass is 32.2. The van der Waals surface area contributed by atoms with Crippen molar-refractivity contribution in [2.45, 2.75) is 68.1 Å². The average Bonchev–Trinajstić information content (AvgIpc) is 2.67. The van der Waals surface area contributed by atoms with Gasteiger partial charge in [-0.15, -0.1) is 0 Å². The van der Waals surface area contributed by atoms with Crippen molar-refractivity contribution in [3.05, 3.63) is 24.3 Å². The van der Waals surface area contributed by atoms with Gasteiger partial charge in [0.15, 0.2) is 9.84 Å². The van der Waals surface area contributed by atoms with Crippen molar-refractivity contribution in [1.82, 2.24) is 9.21 Å². The van der Waals surface area contributed by atoms with Gasteiger partial charge in [-0.25, -0.2) is 21.6 Å². The highest BCUT2D eigenvalue weighted by Gasteiger charge is 2.35. The molecule has 10 heteroatoms. The van der Waals surface area contributed by atoms with Crippen LogP contribution in [0.4, 0.5) is 4.79 Å². The molecule has 1 fully saturated rings. The third kappa shape index (κ3) is 5.53. The third-order valence-corrected chi connectivity index (χ3v) is 9.22. The summed E-state index contributed by atoms with van der Waals surface area (Å²) < 4.78 is 58.1. The van der Waals surface area contributed by atoms with Gasteiger partial charge in [-0.3, -0.25) is 0 Å². The Balaban J connectivity index is 2.22. The topological polar surface area (TPSA) is 101 Å². The Kier molecular flexibility index (Phi) is 7.58. The first-order valence-corrected chi connectivity index (χ1v) is 13.1. The molecule has 1 heterocycles. The minimum atomic E-state index is -3.72. The maximum Gasteiger partial charge on any atom is 0.410 e. The molecule has 170 valence electrons. The zero-order valence-electron chi connectivity index (χ0n) is 18.3. The molecule has 1 saturated heterocycles. The molecule has 0 aromatic heterocycles. The monoisotopic (exact) mass is 460 g/mol. The molecule has 0 N–H and O–H groups in total. The van der Waals surface area contributed by atoms with E-state index in [4.69, 9.17) is 4.74 Å². The molecule has 2 rings (SSSR count). The molecule has 0 radical (unpaired) electrons. The van der Waals surface area contributed by atoms with Crippen LogP contribution < -0.4 is 0 Å². The number of sulfonamides is 1. The number of amides is 1. The van der Waals surface area contributed by atoms with E-state index < -0.39 is 36.8 Å². The van der Waals surface area contributed by atoms with Gasteiger partial charge >= 0.3 is 6.09 Å². The lowest BCUT2D eigenvalue weighted by Crippen LogP contribution is -2.47. The fraction of sp³-hybridized carbons (Fsp3) is 0.650. The third-order valence-electron chi connectivity index (χ3n) is 4.96. The molecule has 1 aliphatic heterocycles. The van der Waals surface area contributed by atoms with Crippen molar-refractivity contribution >= 4 is 26.0 Å². The Hall–Kier alpha value is -1.65. The minimum absolute atomic E-state index is 0.0523. The number of hydrogen-bond donors (Lipinski definition) is 0. The largest absolute Gasteiger partial charge is 0.444 e. The number of sulfone groups is 1. The van der Waals surface area contributed by atoms with Gasteiger partial charge in [-0.2, -0.15) is 4.31 Å². The van der Waals surface area contributed by atoms with Gasteiger partial charge in [0.2, 0.25) is 10.0 Å². The van der Waals surface area contributed by atoms with E-state index in [0.717, 1.165) is 0 Å². The summed E-state index contributed by atoms with van der Waals surface area (Å²) >= 11 is 0. The molecule has 1 aromatic carbocycles. The van der Waals surface area contributed by atoms with E-state index in [1.807, 2.05) is 0 Å². The zero-order valence-corrected chi connectivity index (χ0v) is 19.9. The lowest BCUT2D eigenvalue weighted by atomic mass is 10.1. The molecular formula is C20H32N2O6S2. The highest BCUT2D eigenvalue weighted by molar-refractivity contribution is 7.92. The number of benzene rings is 1. The van der Waals surface area contributed by atoms with Crippen LogP contribution in [0.5, 0.6) is 0 Å². The van der Waals surface area contributed by atoms with Gasteiger partial charge in [0.1, 0.15) is 5.60 Å². The highest BCUT2D eigenvalue weighted by Crippen LogP contribution is 2.26. The standard InChI is InChI=1S/C20H32N2O6S2/c1-6-22(7-2)30(26,27)17-12-10-16(11-13-17)29(24,25)18-9-8-14-21(15-18)19(23)28-20(3,4)5/h10-13,18H,6-9,14-15H2,1-5H3. The van der Waals surface area contributed by atoms with Crippen LogP contribution in [0.25, 0.3) is 0 Å². The van der Waals surface area contributed by atoms with E-state index in [1.54, 1.807) is 34.6 Å². The minimum Gasteiger partial charge on any atom is -0.444 e. The van der Waals surface area contributed by atoms with Crippen LogP contribution in [0.3, 0.4) is 0 Å². The number of piperidine rings is 1. The van der Waals surface area contributed by atoms with E-state index >= 15 is 0 Å². The lowest BCUT2D eigenvalue weighted by molar-refractivity contribution is 0.0219. The van der Waals surface area contributed by atoms with Crippen molar-refractivity contribution in [2.24, 2.45) is 0 Å². The number of nitrogens with zero attached hydrogens (tertiary/aromatic N) is 2. The van der Waals surface area contributed by atoms with Crippen LogP contribution in [0, 0.1) is 0 Å².